The van der Waals surface area contributed by atoms with Gasteiger partial charge in [-0.15, -0.1) is 0 Å². The van der Waals surface area contributed by atoms with Crippen LogP contribution in [0.2, 0.25) is 0 Å². The molecule has 1 saturated carbocycles. The van der Waals surface area contributed by atoms with Gasteiger partial charge in [-0.2, -0.15) is 0 Å². The van der Waals surface area contributed by atoms with Crippen molar-refractivity contribution >= 4 is 12.1 Å². The van der Waals surface area contributed by atoms with Crippen LogP contribution < -0.4 is 16.0 Å². The second-order valence-electron chi connectivity index (χ2n) is 5.60. The van der Waals surface area contributed by atoms with E-state index >= 15 is 0 Å². The van der Waals surface area contributed by atoms with Crippen LogP contribution in [0.3, 0.4) is 0 Å². The fourth-order valence-electron chi connectivity index (χ4n) is 2.37. The van der Waals surface area contributed by atoms with E-state index in [-0.39, 0.29) is 12.1 Å². The number of rotatable bonds is 7. The fraction of sp³-hybridized carbons (Fsp3) is 0.529. The molecule has 0 bridgehead atoms. The number of ether oxygens (including phenoxy) is 1. The summed E-state index contributed by atoms with van der Waals surface area (Å²) in [5.41, 5.74) is 1.19. The van der Waals surface area contributed by atoms with Gasteiger partial charge in [-0.05, 0) is 31.2 Å². The Balaban J connectivity index is 1.77. The SMILES string of the molecule is CCOC(=O)NC(CNC(=NC)NCc1ccccc1)C1CC1. The highest BCUT2D eigenvalue weighted by Crippen LogP contribution is 2.32. The molecule has 2 rings (SSSR count). The summed E-state index contributed by atoms with van der Waals surface area (Å²) in [6, 6.07) is 10.2. The molecule has 0 saturated heterocycles. The maximum Gasteiger partial charge on any atom is 0.407 e. The lowest BCUT2D eigenvalue weighted by Crippen LogP contribution is -2.48. The average Bonchev–Trinajstić information content (AvgIpc) is 3.40. The minimum atomic E-state index is -0.349. The molecule has 0 aromatic heterocycles. The maximum atomic E-state index is 11.6. The molecule has 1 aromatic carbocycles. The van der Waals surface area contributed by atoms with Crippen molar-refractivity contribution in [2.45, 2.75) is 32.4 Å². The van der Waals surface area contributed by atoms with Crippen molar-refractivity contribution in [1.29, 1.82) is 0 Å². The van der Waals surface area contributed by atoms with Gasteiger partial charge in [0.25, 0.3) is 0 Å². The molecule has 1 aliphatic carbocycles. The number of amides is 1. The topological polar surface area (TPSA) is 74.8 Å². The van der Waals surface area contributed by atoms with Crippen LogP contribution in [0.1, 0.15) is 25.3 Å². The van der Waals surface area contributed by atoms with E-state index < -0.39 is 0 Å². The van der Waals surface area contributed by atoms with Crippen LogP contribution in [-0.2, 0) is 11.3 Å². The van der Waals surface area contributed by atoms with E-state index in [2.05, 4.69) is 33.1 Å². The van der Waals surface area contributed by atoms with Crippen molar-refractivity contribution in [2.24, 2.45) is 10.9 Å². The third-order valence-electron chi connectivity index (χ3n) is 3.79. The van der Waals surface area contributed by atoms with Crippen LogP contribution in [0.5, 0.6) is 0 Å². The number of hydrogen-bond acceptors (Lipinski definition) is 3. The molecule has 3 N–H and O–H groups in total. The Morgan fingerprint density at radius 2 is 2.04 bits per heavy atom. The Hall–Kier alpha value is -2.24. The Kier molecular flexibility index (Phi) is 6.72. The lowest BCUT2D eigenvalue weighted by molar-refractivity contribution is 0.146. The van der Waals surface area contributed by atoms with Gasteiger partial charge in [-0.1, -0.05) is 30.3 Å². The normalized spacial score (nSPS) is 15.7. The summed E-state index contributed by atoms with van der Waals surface area (Å²) in [5, 5.41) is 9.48. The predicted octanol–water partition coefficient (Wildman–Crippen LogP) is 1.88. The van der Waals surface area contributed by atoms with Gasteiger partial charge in [-0.25, -0.2) is 4.79 Å². The first kappa shape index (κ1) is 17.1. The van der Waals surface area contributed by atoms with Gasteiger partial charge in [0.2, 0.25) is 0 Å². The summed E-state index contributed by atoms with van der Waals surface area (Å²) in [6.45, 7) is 3.54. The van der Waals surface area contributed by atoms with Crippen LogP contribution >= 0.6 is 0 Å². The third kappa shape index (κ3) is 6.18. The van der Waals surface area contributed by atoms with E-state index in [4.69, 9.17) is 4.74 Å². The summed E-state index contributed by atoms with van der Waals surface area (Å²) in [7, 11) is 1.74. The molecule has 6 heteroatoms. The van der Waals surface area contributed by atoms with E-state index in [0.29, 0.717) is 25.6 Å². The van der Waals surface area contributed by atoms with Crippen molar-refractivity contribution in [3.05, 3.63) is 35.9 Å². The van der Waals surface area contributed by atoms with Gasteiger partial charge in [0, 0.05) is 20.1 Å². The van der Waals surface area contributed by atoms with Crippen LogP contribution in [0, 0.1) is 5.92 Å². The van der Waals surface area contributed by atoms with Crippen molar-refractivity contribution in [2.75, 3.05) is 20.2 Å². The minimum Gasteiger partial charge on any atom is -0.450 e. The second-order valence-corrected chi connectivity index (χ2v) is 5.60. The average molecular weight is 318 g/mol. The predicted molar refractivity (Wildman–Crippen MR) is 91.3 cm³/mol. The molecular formula is C17H26N4O2. The van der Waals surface area contributed by atoms with Crippen LogP contribution in [0.4, 0.5) is 4.79 Å². The summed E-state index contributed by atoms with van der Waals surface area (Å²) >= 11 is 0. The first-order chi connectivity index (χ1) is 11.2. The summed E-state index contributed by atoms with van der Waals surface area (Å²) in [5.74, 6) is 1.25. The third-order valence-corrected chi connectivity index (χ3v) is 3.79. The number of carbonyl (C=O) groups is 1. The molecular weight excluding hydrogens is 292 g/mol. The molecule has 1 fully saturated rings. The van der Waals surface area contributed by atoms with Gasteiger partial charge in [0.1, 0.15) is 0 Å². The zero-order chi connectivity index (χ0) is 16.5. The molecule has 1 aromatic rings. The standard InChI is InChI=1S/C17H26N4O2/c1-3-23-17(22)21-15(14-9-10-14)12-20-16(18-2)19-11-13-7-5-4-6-8-13/h4-8,14-15H,3,9-12H2,1-2H3,(H,21,22)(H2,18,19,20). The van der Waals surface area contributed by atoms with Gasteiger partial charge < -0.3 is 20.7 Å². The first-order valence-electron chi connectivity index (χ1n) is 8.14. The number of benzene rings is 1. The number of carbonyl (C=O) groups excluding carboxylic acids is 1. The van der Waals surface area contributed by atoms with Gasteiger partial charge in [-0.3, -0.25) is 4.99 Å². The van der Waals surface area contributed by atoms with E-state index in [1.54, 1.807) is 14.0 Å². The first-order valence-corrected chi connectivity index (χ1v) is 8.14. The molecule has 6 nitrogen and oxygen atoms in total. The smallest absolute Gasteiger partial charge is 0.407 e. The zero-order valence-corrected chi connectivity index (χ0v) is 13.8. The van der Waals surface area contributed by atoms with Gasteiger partial charge in [0.05, 0.1) is 12.6 Å². The Bertz CT molecular complexity index is 515. The lowest BCUT2D eigenvalue weighted by Gasteiger charge is -2.20. The maximum absolute atomic E-state index is 11.6. The molecule has 0 radical (unpaired) electrons. The van der Waals surface area contributed by atoms with E-state index in [1.165, 1.54) is 5.56 Å². The van der Waals surface area contributed by atoms with Crippen LogP contribution in [-0.4, -0.2) is 38.3 Å². The molecule has 0 spiro atoms. The molecule has 1 aliphatic rings. The van der Waals surface area contributed by atoms with Crippen molar-refractivity contribution in [1.82, 2.24) is 16.0 Å². The Morgan fingerprint density at radius 1 is 1.30 bits per heavy atom. The molecule has 126 valence electrons. The molecule has 0 aliphatic heterocycles. The quantitative estimate of drug-likeness (QED) is 0.530. The highest BCUT2D eigenvalue weighted by molar-refractivity contribution is 5.79. The van der Waals surface area contributed by atoms with E-state index in [0.717, 1.165) is 18.8 Å². The molecule has 0 heterocycles. The molecule has 1 amide bonds. The summed E-state index contributed by atoms with van der Waals surface area (Å²) < 4.78 is 4.97. The largest absolute Gasteiger partial charge is 0.450 e. The number of hydrogen-bond donors (Lipinski definition) is 3. The Morgan fingerprint density at radius 3 is 2.65 bits per heavy atom. The lowest BCUT2D eigenvalue weighted by atomic mass is 10.2. The summed E-state index contributed by atoms with van der Waals surface area (Å²) in [6.07, 6.45) is 1.95. The highest BCUT2D eigenvalue weighted by Gasteiger charge is 2.32. The number of alkyl carbamates (subject to hydrolysis) is 1. The molecule has 1 unspecified atom stereocenters. The number of aliphatic imine (C=N–C) groups is 1. The number of nitrogens with zero attached hydrogens (tertiary/aromatic N) is 1. The monoisotopic (exact) mass is 318 g/mol. The van der Waals surface area contributed by atoms with Crippen molar-refractivity contribution < 1.29 is 9.53 Å². The number of nitrogens with one attached hydrogen (secondary N) is 3. The van der Waals surface area contributed by atoms with Crippen LogP contribution in [0.15, 0.2) is 35.3 Å². The van der Waals surface area contributed by atoms with Crippen LogP contribution in [0.25, 0.3) is 0 Å². The fourth-order valence-corrected chi connectivity index (χ4v) is 2.37. The van der Waals surface area contributed by atoms with Crippen molar-refractivity contribution in [3.8, 4) is 0 Å². The minimum absolute atomic E-state index is 0.0734. The van der Waals surface area contributed by atoms with E-state index in [9.17, 15) is 4.79 Å². The molecule has 23 heavy (non-hydrogen) atoms. The second kappa shape index (κ2) is 9.02. The Labute approximate surface area is 137 Å². The zero-order valence-electron chi connectivity index (χ0n) is 13.8. The molecule has 1 atom stereocenters. The summed E-state index contributed by atoms with van der Waals surface area (Å²) in [4.78, 5) is 15.8. The van der Waals surface area contributed by atoms with Gasteiger partial charge in [0.15, 0.2) is 5.96 Å². The van der Waals surface area contributed by atoms with Gasteiger partial charge >= 0.3 is 6.09 Å². The van der Waals surface area contributed by atoms with Crippen molar-refractivity contribution in [3.63, 3.8) is 0 Å². The number of guanidine groups is 1. The van der Waals surface area contributed by atoms with E-state index in [1.807, 2.05) is 18.2 Å². The highest BCUT2D eigenvalue weighted by atomic mass is 16.5.